The number of carbonyl (C=O) groups is 1. The molecule has 1 aromatic rings. The zero-order chi connectivity index (χ0) is 11.3. The molecule has 0 aliphatic carbocycles. The van der Waals surface area contributed by atoms with E-state index in [0.717, 1.165) is 10.9 Å². The Morgan fingerprint density at radius 2 is 2.27 bits per heavy atom. The standard InChI is InChI=1S/C11H14BrNO2/c1-3-6-13-11(14)9-7-8(12)4-5-10(9)15-2/h4-5,7H,3,6H2,1-2H3,(H,13,14). The van der Waals surface area contributed by atoms with Crippen molar-refractivity contribution in [3.8, 4) is 5.75 Å². The Morgan fingerprint density at radius 3 is 2.87 bits per heavy atom. The van der Waals surface area contributed by atoms with Crippen molar-refractivity contribution in [1.29, 1.82) is 0 Å². The van der Waals surface area contributed by atoms with E-state index in [2.05, 4.69) is 21.2 Å². The fourth-order valence-corrected chi connectivity index (χ4v) is 1.55. The fourth-order valence-electron chi connectivity index (χ4n) is 1.19. The van der Waals surface area contributed by atoms with Crippen molar-refractivity contribution in [2.75, 3.05) is 13.7 Å². The van der Waals surface area contributed by atoms with Gasteiger partial charge in [0, 0.05) is 11.0 Å². The van der Waals surface area contributed by atoms with Gasteiger partial charge in [-0.05, 0) is 24.6 Å². The molecule has 0 unspecified atom stereocenters. The maximum absolute atomic E-state index is 11.7. The van der Waals surface area contributed by atoms with Gasteiger partial charge < -0.3 is 10.1 Å². The minimum Gasteiger partial charge on any atom is -0.496 e. The van der Waals surface area contributed by atoms with E-state index in [9.17, 15) is 4.79 Å². The lowest BCUT2D eigenvalue weighted by molar-refractivity contribution is 0.0950. The molecule has 0 saturated heterocycles. The lowest BCUT2D eigenvalue weighted by Crippen LogP contribution is -2.24. The van der Waals surface area contributed by atoms with Gasteiger partial charge in [0.05, 0.1) is 12.7 Å². The third-order valence-corrected chi connectivity index (χ3v) is 2.43. The molecule has 0 radical (unpaired) electrons. The summed E-state index contributed by atoms with van der Waals surface area (Å²) in [6.07, 6.45) is 0.919. The van der Waals surface area contributed by atoms with Crippen LogP contribution in [-0.2, 0) is 0 Å². The maximum Gasteiger partial charge on any atom is 0.255 e. The van der Waals surface area contributed by atoms with Crippen molar-refractivity contribution in [2.45, 2.75) is 13.3 Å². The lowest BCUT2D eigenvalue weighted by Gasteiger charge is -2.08. The zero-order valence-electron chi connectivity index (χ0n) is 8.84. The Labute approximate surface area is 97.9 Å². The summed E-state index contributed by atoms with van der Waals surface area (Å²) >= 11 is 3.33. The topological polar surface area (TPSA) is 38.3 Å². The number of amides is 1. The summed E-state index contributed by atoms with van der Waals surface area (Å²) in [5.41, 5.74) is 0.556. The van der Waals surface area contributed by atoms with Gasteiger partial charge in [0.2, 0.25) is 0 Å². The third kappa shape index (κ3) is 3.23. The molecule has 4 heteroatoms. The van der Waals surface area contributed by atoms with Crippen molar-refractivity contribution in [3.63, 3.8) is 0 Å². The molecule has 0 aliphatic heterocycles. The SMILES string of the molecule is CCCNC(=O)c1cc(Br)ccc1OC. The molecule has 0 heterocycles. The Balaban J connectivity index is 2.90. The Kier molecular flexibility index (Phi) is 4.62. The molecule has 1 amide bonds. The summed E-state index contributed by atoms with van der Waals surface area (Å²) in [5, 5.41) is 2.81. The molecule has 82 valence electrons. The summed E-state index contributed by atoms with van der Waals surface area (Å²) in [6.45, 7) is 2.69. The van der Waals surface area contributed by atoms with Crippen molar-refractivity contribution in [1.82, 2.24) is 5.32 Å². The first-order chi connectivity index (χ1) is 7.19. The van der Waals surface area contributed by atoms with Gasteiger partial charge in [-0.15, -0.1) is 0 Å². The smallest absolute Gasteiger partial charge is 0.255 e. The summed E-state index contributed by atoms with van der Waals surface area (Å²) in [6, 6.07) is 5.37. The van der Waals surface area contributed by atoms with Crippen LogP contribution in [0.15, 0.2) is 22.7 Å². The van der Waals surface area contributed by atoms with Crippen LogP contribution in [-0.4, -0.2) is 19.6 Å². The minimum absolute atomic E-state index is 0.102. The lowest BCUT2D eigenvalue weighted by atomic mass is 10.2. The Hall–Kier alpha value is -1.03. The monoisotopic (exact) mass is 271 g/mol. The van der Waals surface area contributed by atoms with E-state index in [0.29, 0.717) is 17.9 Å². The zero-order valence-corrected chi connectivity index (χ0v) is 10.4. The van der Waals surface area contributed by atoms with E-state index >= 15 is 0 Å². The van der Waals surface area contributed by atoms with Gasteiger partial charge in [-0.2, -0.15) is 0 Å². The number of carbonyl (C=O) groups excluding carboxylic acids is 1. The second-order valence-electron chi connectivity index (χ2n) is 3.10. The first-order valence-corrected chi connectivity index (χ1v) is 5.60. The quantitative estimate of drug-likeness (QED) is 0.914. The Bertz CT molecular complexity index is 352. The van der Waals surface area contributed by atoms with Crippen LogP contribution in [0.3, 0.4) is 0 Å². The van der Waals surface area contributed by atoms with Crippen LogP contribution >= 0.6 is 15.9 Å². The average Bonchev–Trinajstić information content (AvgIpc) is 2.25. The molecule has 3 nitrogen and oxygen atoms in total. The van der Waals surface area contributed by atoms with Crippen LogP contribution in [0, 0.1) is 0 Å². The highest BCUT2D eigenvalue weighted by atomic mass is 79.9. The second kappa shape index (κ2) is 5.75. The highest BCUT2D eigenvalue weighted by Crippen LogP contribution is 2.22. The number of hydrogen-bond acceptors (Lipinski definition) is 2. The predicted molar refractivity (Wildman–Crippen MR) is 63.3 cm³/mol. The van der Waals surface area contributed by atoms with Crippen molar-refractivity contribution in [3.05, 3.63) is 28.2 Å². The normalized spacial score (nSPS) is 9.80. The summed E-state index contributed by atoms with van der Waals surface area (Å²) < 4.78 is 5.99. The van der Waals surface area contributed by atoms with E-state index < -0.39 is 0 Å². The number of benzene rings is 1. The molecule has 0 fully saturated rings. The molecule has 15 heavy (non-hydrogen) atoms. The van der Waals surface area contributed by atoms with Crippen LogP contribution in [0.5, 0.6) is 5.75 Å². The van der Waals surface area contributed by atoms with Crippen LogP contribution in [0.25, 0.3) is 0 Å². The number of hydrogen-bond donors (Lipinski definition) is 1. The van der Waals surface area contributed by atoms with Crippen LogP contribution in [0.4, 0.5) is 0 Å². The molecule has 0 saturated carbocycles. The second-order valence-corrected chi connectivity index (χ2v) is 4.02. The molecule has 0 spiro atoms. The van der Waals surface area contributed by atoms with Crippen molar-refractivity contribution in [2.24, 2.45) is 0 Å². The van der Waals surface area contributed by atoms with Crippen molar-refractivity contribution >= 4 is 21.8 Å². The Morgan fingerprint density at radius 1 is 1.53 bits per heavy atom. The van der Waals surface area contributed by atoms with Gasteiger partial charge in [0.1, 0.15) is 5.75 Å². The molecular weight excluding hydrogens is 258 g/mol. The number of rotatable bonds is 4. The van der Waals surface area contributed by atoms with Crippen LogP contribution in [0.2, 0.25) is 0 Å². The molecule has 1 rings (SSSR count). The molecule has 1 aromatic carbocycles. The summed E-state index contributed by atoms with van der Waals surface area (Å²) in [4.78, 5) is 11.7. The van der Waals surface area contributed by atoms with Crippen molar-refractivity contribution < 1.29 is 9.53 Å². The van der Waals surface area contributed by atoms with Crippen LogP contribution < -0.4 is 10.1 Å². The van der Waals surface area contributed by atoms with E-state index in [1.54, 1.807) is 19.2 Å². The molecule has 0 aromatic heterocycles. The van der Waals surface area contributed by atoms with Gasteiger partial charge in [0.15, 0.2) is 0 Å². The fraction of sp³-hybridized carbons (Fsp3) is 0.364. The predicted octanol–water partition coefficient (Wildman–Crippen LogP) is 2.60. The first-order valence-electron chi connectivity index (χ1n) is 4.80. The largest absolute Gasteiger partial charge is 0.496 e. The van der Waals surface area contributed by atoms with E-state index in [-0.39, 0.29) is 5.91 Å². The molecule has 1 N–H and O–H groups in total. The minimum atomic E-state index is -0.102. The average molecular weight is 272 g/mol. The summed E-state index contributed by atoms with van der Waals surface area (Å²) in [5.74, 6) is 0.488. The first kappa shape index (κ1) is 12.0. The molecule has 0 bridgehead atoms. The summed E-state index contributed by atoms with van der Waals surface area (Å²) in [7, 11) is 1.56. The van der Waals surface area contributed by atoms with E-state index in [1.807, 2.05) is 13.0 Å². The highest BCUT2D eigenvalue weighted by Gasteiger charge is 2.11. The molecule has 0 atom stereocenters. The number of nitrogens with one attached hydrogen (secondary N) is 1. The van der Waals surface area contributed by atoms with E-state index in [4.69, 9.17) is 4.74 Å². The van der Waals surface area contributed by atoms with Crippen LogP contribution in [0.1, 0.15) is 23.7 Å². The van der Waals surface area contributed by atoms with Gasteiger partial charge in [-0.25, -0.2) is 0 Å². The third-order valence-electron chi connectivity index (χ3n) is 1.94. The maximum atomic E-state index is 11.7. The number of ether oxygens (including phenoxy) is 1. The number of halogens is 1. The van der Waals surface area contributed by atoms with Gasteiger partial charge in [0.25, 0.3) is 5.91 Å². The van der Waals surface area contributed by atoms with Gasteiger partial charge in [-0.3, -0.25) is 4.79 Å². The number of methoxy groups -OCH3 is 1. The molecular formula is C11H14BrNO2. The van der Waals surface area contributed by atoms with Gasteiger partial charge in [-0.1, -0.05) is 22.9 Å². The highest BCUT2D eigenvalue weighted by molar-refractivity contribution is 9.10. The molecule has 0 aliphatic rings. The van der Waals surface area contributed by atoms with E-state index in [1.165, 1.54) is 0 Å². The van der Waals surface area contributed by atoms with Gasteiger partial charge >= 0.3 is 0 Å².